The van der Waals surface area contributed by atoms with Gasteiger partial charge in [0.15, 0.2) is 0 Å². The van der Waals surface area contributed by atoms with Crippen molar-refractivity contribution in [1.29, 1.82) is 5.26 Å². The van der Waals surface area contributed by atoms with Crippen molar-refractivity contribution in [3.8, 4) is 6.07 Å². The fourth-order valence-electron chi connectivity index (χ4n) is 1.89. The summed E-state index contributed by atoms with van der Waals surface area (Å²) < 4.78 is 2.09. The summed E-state index contributed by atoms with van der Waals surface area (Å²) >= 11 is 5.13. The Kier molecular flexibility index (Phi) is 3.24. The van der Waals surface area contributed by atoms with Gasteiger partial charge in [0.2, 0.25) is 0 Å². The van der Waals surface area contributed by atoms with Crippen LogP contribution in [-0.4, -0.2) is 0 Å². The van der Waals surface area contributed by atoms with Crippen LogP contribution in [-0.2, 0) is 0 Å². The number of fused-ring (bicyclic) bond motifs is 1. The molecule has 3 rings (SSSR count). The van der Waals surface area contributed by atoms with Gasteiger partial charge in [0.1, 0.15) is 6.07 Å². The van der Waals surface area contributed by atoms with E-state index in [0.717, 1.165) is 15.8 Å². The molecule has 92 valence electrons. The summed E-state index contributed by atoms with van der Waals surface area (Å²) in [6, 6.07) is 16.2. The number of nitrogens with one attached hydrogen (secondary N) is 1. The number of halogens is 1. The van der Waals surface area contributed by atoms with Gasteiger partial charge < -0.3 is 5.32 Å². The zero-order chi connectivity index (χ0) is 13.2. The molecule has 0 spiro atoms. The molecule has 0 aliphatic rings. The SMILES string of the molecule is N#Cc1ccc(Nc2ccc3sccc3c2)cc1Br. The summed E-state index contributed by atoms with van der Waals surface area (Å²) in [5.41, 5.74) is 2.64. The summed E-state index contributed by atoms with van der Waals surface area (Å²) in [6.07, 6.45) is 0. The molecule has 0 saturated carbocycles. The maximum absolute atomic E-state index is 8.89. The number of benzene rings is 2. The Morgan fingerprint density at radius 2 is 1.84 bits per heavy atom. The summed E-state index contributed by atoms with van der Waals surface area (Å²) in [5.74, 6) is 0. The van der Waals surface area contributed by atoms with E-state index in [1.165, 1.54) is 10.1 Å². The van der Waals surface area contributed by atoms with E-state index in [1.54, 1.807) is 17.4 Å². The van der Waals surface area contributed by atoms with Gasteiger partial charge in [0.05, 0.1) is 5.56 Å². The van der Waals surface area contributed by atoms with Gasteiger partial charge in [-0.25, -0.2) is 0 Å². The van der Waals surface area contributed by atoms with Crippen LogP contribution in [0.3, 0.4) is 0 Å². The number of hydrogen-bond acceptors (Lipinski definition) is 3. The van der Waals surface area contributed by atoms with Crippen LogP contribution in [0.5, 0.6) is 0 Å². The molecule has 0 unspecified atom stereocenters. The third-order valence-corrected chi connectivity index (χ3v) is 4.38. The molecule has 2 nitrogen and oxygen atoms in total. The average Bonchev–Trinajstić information content (AvgIpc) is 2.86. The smallest absolute Gasteiger partial charge is 0.100 e. The van der Waals surface area contributed by atoms with Gasteiger partial charge in [-0.3, -0.25) is 0 Å². The van der Waals surface area contributed by atoms with Crippen molar-refractivity contribution >= 4 is 48.7 Å². The van der Waals surface area contributed by atoms with Gasteiger partial charge in [-0.05, 0) is 69.2 Å². The molecule has 0 bridgehead atoms. The summed E-state index contributed by atoms with van der Waals surface area (Å²) in [5, 5.41) is 15.6. The van der Waals surface area contributed by atoms with Gasteiger partial charge >= 0.3 is 0 Å². The summed E-state index contributed by atoms with van der Waals surface area (Å²) in [6.45, 7) is 0. The zero-order valence-electron chi connectivity index (χ0n) is 9.85. The molecule has 19 heavy (non-hydrogen) atoms. The second kappa shape index (κ2) is 5.04. The van der Waals surface area contributed by atoms with E-state index in [4.69, 9.17) is 5.26 Å². The normalized spacial score (nSPS) is 10.3. The molecule has 0 radical (unpaired) electrons. The molecule has 2 aromatic carbocycles. The highest BCUT2D eigenvalue weighted by molar-refractivity contribution is 9.10. The predicted molar refractivity (Wildman–Crippen MR) is 84.0 cm³/mol. The molecule has 0 aliphatic carbocycles. The minimum Gasteiger partial charge on any atom is -0.355 e. The number of hydrogen-bond donors (Lipinski definition) is 1. The first kappa shape index (κ1) is 12.2. The second-order valence-corrected chi connectivity index (χ2v) is 5.91. The first-order valence-electron chi connectivity index (χ1n) is 5.70. The Hall–Kier alpha value is -1.83. The molecular formula is C15H9BrN2S. The molecule has 0 aliphatic heterocycles. The summed E-state index contributed by atoms with van der Waals surface area (Å²) in [4.78, 5) is 0. The Morgan fingerprint density at radius 1 is 1.05 bits per heavy atom. The monoisotopic (exact) mass is 328 g/mol. The molecule has 3 aromatic rings. The van der Waals surface area contributed by atoms with Gasteiger partial charge in [-0.1, -0.05) is 0 Å². The highest BCUT2D eigenvalue weighted by atomic mass is 79.9. The largest absolute Gasteiger partial charge is 0.355 e. The van der Waals surface area contributed by atoms with Crippen molar-refractivity contribution in [1.82, 2.24) is 0 Å². The highest BCUT2D eigenvalue weighted by Crippen LogP contribution is 2.27. The molecule has 0 saturated heterocycles. The Bertz CT molecular complexity index is 786. The molecular weight excluding hydrogens is 320 g/mol. The van der Waals surface area contributed by atoms with E-state index in [9.17, 15) is 0 Å². The average molecular weight is 329 g/mol. The second-order valence-electron chi connectivity index (χ2n) is 4.10. The Morgan fingerprint density at radius 3 is 2.63 bits per heavy atom. The van der Waals surface area contributed by atoms with Crippen LogP contribution in [0.15, 0.2) is 52.3 Å². The zero-order valence-corrected chi connectivity index (χ0v) is 12.3. The lowest BCUT2D eigenvalue weighted by Crippen LogP contribution is -1.90. The van der Waals surface area contributed by atoms with E-state index in [-0.39, 0.29) is 0 Å². The van der Waals surface area contributed by atoms with Gasteiger partial charge in [-0.15, -0.1) is 11.3 Å². The van der Waals surface area contributed by atoms with Crippen LogP contribution in [0, 0.1) is 11.3 Å². The van der Waals surface area contributed by atoms with Gasteiger partial charge in [-0.2, -0.15) is 5.26 Å². The number of nitriles is 1. The van der Waals surface area contributed by atoms with Crippen molar-refractivity contribution in [2.75, 3.05) is 5.32 Å². The molecule has 1 N–H and O–H groups in total. The van der Waals surface area contributed by atoms with Gasteiger partial charge in [0.25, 0.3) is 0 Å². The highest BCUT2D eigenvalue weighted by Gasteiger charge is 2.02. The molecule has 0 fully saturated rings. The fourth-order valence-corrected chi connectivity index (χ4v) is 3.13. The van der Waals surface area contributed by atoms with E-state index < -0.39 is 0 Å². The van der Waals surface area contributed by atoms with Crippen LogP contribution in [0.4, 0.5) is 11.4 Å². The van der Waals surface area contributed by atoms with E-state index in [1.807, 2.05) is 12.1 Å². The maximum Gasteiger partial charge on any atom is 0.100 e. The molecule has 1 heterocycles. The minimum absolute atomic E-state index is 0.638. The number of rotatable bonds is 2. The molecule has 0 atom stereocenters. The molecule has 0 amide bonds. The third-order valence-electron chi connectivity index (χ3n) is 2.83. The fraction of sp³-hybridized carbons (Fsp3) is 0. The lowest BCUT2D eigenvalue weighted by atomic mass is 10.2. The lowest BCUT2D eigenvalue weighted by Gasteiger charge is -2.07. The first-order chi connectivity index (χ1) is 9.26. The van der Waals surface area contributed by atoms with Crippen molar-refractivity contribution < 1.29 is 0 Å². The first-order valence-corrected chi connectivity index (χ1v) is 7.37. The lowest BCUT2D eigenvalue weighted by molar-refractivity contribution is 1.46. The number of thiophene rings is 1. The van der Waals surface area contributed by atoms with Crippen LogP contribution >= 0.6 is 27.3 Å². The quantitative estimate of drug-likeness (QED) is 0.694. The van der Waals surface area contributed by atoms with Crippen LogP contribution in [0.25, 0.3) is 10.1 Å². The number of anilines is 2. The molecule has 4 heteroatoms. The Labute approximate surface area is 123 Å². The van der Waals surface area contributed by atoms with Gasteiger partial charge in [0, 0.05) is 20.5 Å². The maximum atomic E-state index is 8.89. The van der Waals surface area contributed by atoms with Crippen molar-refractivity contribution in [2.24, 2.45) is 0 Å². The van der Waals surface area contributed by atoms with Crippen LogP contribution in [0.2, 0.25) is 0 Å². The van der Waals surface area contributed by atoms with Crippen LogP contribution < -0.4 is 5.32 Å². The van der Waals surface area contributed by atoms with E-state index in [0.29, 0.717) is 5.56 Å². The minimum atomic E-state index is 0.638. The van der Waals surface area contributed by atoms with E-state index in [2.05, 4.69) is 57.0 Å². The van der Waals surface area contributed by atoms with Crippen LogP contribution in [0.1, 0.15) is 5.56 Å². The topological polar surface area (TPSA) is 35.8 Å². The standard InChI is InChI=1S/C15H9BrN2S/c16-14-8-13(2-1-11(14)9-17)18-12-3-4-15-10(7-12)5-6-19-15/h1-8,18H. The predicted octanol–water partition coefficient (Wildman–Crippen LogP) is 5.28. The summed E-state index contributed by atoms with van der Waals surface area (Å²) in [7, 11) is 0. The van der Waals surface area contributed by atoms with Crippen molar-refractivity contribution in [3.05, 3.63) is 57.9 Å². The third kappa shape index (κ3) is 2.48. The van der Waals surface area contributed by atoms with Crippen molar-refractivity contribution in [3.63, 3.8) is 0 Å². The van der Waals surface area contributed by atoms with E-state index >= 15 is 0 Å². The number of nitrogens with zero attached hydrogens (tertiary/aromatic N) is 1. The Balaban J connectivity index is 1.92. The molecule has 1 aromatic heterocycles. The van der Waals surface area contributed by atoms with Crippen molar-refractivity contribution in [2.45, 2.75) is 0 Å².